The number of rotatable bonds is 4. The van der Waals surface area contributed by atoms with Crippen molar-refractivity contribution in [2.45, 2.75) is 0 Å². The minimum Gasteiger partial charge on any atom is -0.308 e. The number of aromatic nitrogens is 3. The second kappa shape index (κ2) is 9.40. The summed E-state index contributed by atoms with van der Waals surface area (Å²) in [5.74, 6) is 0. The molecule has 0 aliphatic rings. The molecule has 3 aromatic heterocycles. The summed E-state index contributed by atoms with van der Waals surface area (Å²) in [7, 11) is 0. The van der Waals surface area contributed by atoms with Crippen LogP contribution in [-0.2, 0) is 0 Å². The predicted octanol–water partition coefficient (Wildman–Crippen LogP) is 9.34. The van der Waals surface area contributed by atoms with Gasteiger partial charge in [0.15, 0.2) is 0 Å². The van der Waals surface area contributed by atoms with Crippen LogP contribution in [-0.4, -0.2) is 14.5 Å². The Morgan fingerprint density at radius 2 is 1.18 bits per heavy atom. The van der Waals surface area contributed by atoms with Crippen molar-refractivity contribution in [3.8, 4) is 39.3 Å². The molecule has 0 atom stereocenters. The van der Waals surface area contributed by atoms with E-state index < -0.39 is 0 Å². The summed E-state index contributed by atoms with van der Waals surface area (Å²) in [5, 5.41) is 1.13. The fraction of sp³-hybridized carbons (Fsp3) is 0. The maximum atomic E-state index is 5.02. The van der Waals surface area contributed by atoms with Crippen LogP contribution in [0.15, 0.2) is 138 Å². The smallest absolute Gasteiger partial charge is 0.0963 e. The minimum atomic E-state index is 0.963. The van der Waals surface area contributed by atoms with Gasteiger partial charge in [0.25, 0.3) is 0 Å². The molecule has 0 saturated heterocycles. The standard InChI is InChI=1S/C34H22BrN3/c35-27-15-18-32-29(22-27)34-33(12-7-19-36-34)38(32)28-16-13-23(14-17-28)26-20-30(24-8-3-1-4-9-24)37-31(21-26)25-10-5-2-6-11-25/h1-22H. The summed E-state index contributed by atoms with van der Waals surface area (Å²) in [6.07, 6.45) is 1.86. The van der Waals surface area contributed by atoms with Crippen molar-refractivity contribution in [1.82, 2.24) is 14.5 Å². The summed E-state index contributed by atoms with van der Waals surface area (Å²) in [5.41, 5.74) is 10.7. The zero-order chi connectivity index (χ0) is 25.5. The Bertz CT molecular complexity index is 1850. The highest BCUT2D eigenvalue weighted by molar-refractivity contribution is 9.10. The fourth-order valence-corrected chi connectivity index (χ4v) is 5.46. The number of pyridine rings is 2. The molecule has 180 valence electrons. The van der Waals surface area contributed by atoms with Gasteiger partial charge in [0.05, 0.1) is 27.9 Å². The van der Waals surface area contributed by atoms with E-state index in [9.17, 15) is 0 Å². The fourth-order valence-electron chi connectivity index (χ4n) is 5.10. The monoisotopic (exact) mass is 551 g/mol. The third-order valence-corrected chi connectivity index (χ3v) is 7.40. The van der Waals surface area contributed by atoms with Crippen LogP contribution in [0.2, 0.25) is 0 Å². The van der Waals surface area contributed by atoms with Gasteiger partial charge < -0.3 is 4.57 Å². The molecule has 7 aromatic rings. The first-order valence-corrected chi connectivity index (χ1v) is 13.3. The molecular formula is C34H22BrN3. The van der Waals surface area contributed by atoms with Crippen LogP contribution in [0.1, 0.15) is 0 Å². The Morgan fingerprint density at radius 3 is 1.84 bits per heavy atom. The van der Waals surface area contributed by atoms with Crippen molar-refractivity contribution in [2.75, 3.05) is 0 Å². The largest absolute Gasteiger partial charge is 0.308 e. The molecule has 0 bridgehead atoms. The van der Waals surface area contributed by atoms with E-state index in [0.29, 0.717) is 0 Å². The second-order valence-corrected chi connectivity index (χ2v) is 10.2. The maximum Gasteiger partial charge on any atom is 0.0963 e. The minimum absolute atomic E-state index is 0.963. The van der Waals surface area contributed by atoms with Gasteiger partial charge in [-0.25, -0.2) is 4.98 Å². The molecule has 0 saturated carbocycles. The molecule has 38 heavy (non-hydrogen) atoms. The molecule has 3 nitrogen and oxygen atoms in total. The van der Waals surface area contributed by atoms with Crippen LogP contribution >= 0.6 is 15.9 Å². The Morgan fingerprint density at radius 1 is 0.526 bits per heavy atom. The normalized spacial score (nSPS) is 11.3. The summed E-state index contributed by atoms with van der Waals surface area (Å²) in [4.78, 5) is 9.71. The van der Waals surface area contributed by atoms with E-state index in [2.05, 4.69) is 130 Å². The lowest BCUT2D eigenvalue weighted by atomic mass is 10.00. The highest BCUT2D eigenvalue weighted by atomic mass is 79.9. The van der Waals surface area contributed by atoms with Crippen molar-refractivity contribution in [3.63, 3.8) is 0 Å². The molecule has 0 unspecified atom stereocenters. The topological polar surface area (TPSA) is 30.7 Å². The van der Waals surface area contributed by atoms with Crippen molar-refractivity contribution < 1.29 is 0 Å². The summed E-state index contributed by atoms with van der Waals surface area (Å²) in [6, 6.07) is 44.4. The Kier molecular flexibility index (Phi) is 5.60. The molecule has 7 rings (SSSR count). The first kappa shape index (κ1) is 22.6. The van der Waals surface area contributed by atoms with Gasteiger partial charge in [-0.3, -0.25) is 4.98 Å². The molecule has 0 spiro atoms. The van der Waals surface area contributed by atoms with Crippen LogP contribution in [0.5, 0.6) is 0 Å². The Balaban J connectivity index is 1.37. The molecule has 0 amide bonds. The van der Waals surface area contributed by atoms with E-state index in [1.807, 2.05) is 24.4 Å². The number of hydrogen-bond acceptors (Lipinski definition) is 2. The van der Waals surface area contributed by atoms with E-state index >= 15 is 0 Å². The molecular weight excluding hydrogens is 530 g/mol. The SMILES string of the molecule is Brc1ccc2c(c1)c1ncccc1n2-c1ccc(-c2cc(-c3ccccc3)nc(-c3ccccc3)c2)cc1. The van der Waals surface area contributed by atoms with Gasteiger partial charge >= 0.3 is 0 Å². The van der Waals surface area contributed by atoms with Crippen molar-refractivity contribution in [2.24, 2.45) is 0 Å². The zero-order valence-corrected chi connectivity index (χ0v) is 22.0. The number of hydrogen-bond donors (Lipinski definition) is 0. The van der Waals surface area contributed by atoms with Crippen LogP contribution in [0.25, 0.3) is 61.3 Å². The molecule has 0 N–H and O–H groups in total. The van der Waals surface area contributed by atoms with Crippen LogP contribution < -0.4 is 0 Å². The molecule has 0 aliphatic heterocycles. The molecule has 0 aliphatic carbocycles. The van der Waals surface area contributed by atoms with Gasteiger partial charge in [-0.15, -0.1) is 0 Å². The second-order valence-electron chi connectivity index (χ2n) is 9.27. The van der Waals surface area contributed by atoms with Crippen LogP contribution in [0.4, 0.5) is 0 Å². The maximum absolute atomic E-state index is 5.02. The molecule has 0 fully saturated rings. The number of benzene rings is 4. The molecule has 4 heteroatoms. The third-order valence-electron chi connectivity index (χ3n) is 6.91. The van der Waals surface area contributed by atoms with Crippen LogP contribution in [0, 0.1) is 0 Å². The predicted molar refractivity (Wildman–Crippen MR) is 160 cm³/mol. The van der Waals surface area contributed by atoms with Gasteiger partial charge in [-0.05, 0) is 65.7 Å². The van der Waals surface area contributed by atoms with Gasteiger partial charge in [0, 0.05) is 32.9 Å². The highest BCUT2D eigenvalue weighted by Gasteiger charge is 2.14. The van der Waals surface area contributed by atoms with Crippen molar-refractivity contribution in [1.29, 1.82) is 0 Å². The van der Waals surface area contributed by atoms with Gasteiger partial charge in [0.1, 0.15) is 0 Å². The summed E-state index contributed by atoms with van der Waals surface area (Å²) < 4.78 is 3.33. The number of fused-ring (bicyclic) bond motifs is 3. The van der Waals surface area contributed by atoms with Crippen molar-refractivity contribution >= 4 is 37.9 Å². The van der Waals surface area contributed by atoms with E-state index in [1.54, 1.807) is 0 Å². The first-order valence-electron chi connectivity index (χ1n) is 12.5. The van der Waals surface area contributed by atoms with E-state index in [-0.39, 0.29) is 0 Å². The summed E-state index contributed by atoms with van der Waals surface area (Å²) >= 11 is 3.62. The molecule has 4 aromatic carbocycles. The van der Waals surface area contributed by atoms with Gasteiger partial charge in [-0.1, -0.05) is 88.7 Å². The number of nitrogens with zero attached hydrogens (tertiary/aromatic N) is 3. The lowest BCUT2D eigenvalue weighted by Gasteiger charge is -2.12. The molecule has 0 radical (unpaired) electrons. The van der Waals surface area contributed by atoms with Crippen LogP contribution in [0.3, 0.4) is 0 Å². The Labute approximate surface area is 229 Å². The van der Waals surface area contributed by atoms with E-state index in [4.69, 9.17) is 9.97 Å². The number of halogens is 1. The summed E-state index contributed by atoms with van der Waals surface area (Å²) in [6.45, 7) is 0. The quantitative estimate of drug-likeness (QED) is 0.218. The van der Waals surface area contributed by atoms with Gasteiger partial charge in [-0.2, -0.15) is 0 Å². The average molecular weight is 552 g/mol. The van der Waals surface area contributed by atoms with Crippen molar-refractivity contribution in [3.05, 3.63) is 138 Å². The molecule has 3 heterocycles. The highest BCUT2D eigenvalue weighted by Crippen LogP contribution is 2.34. The zero-order valence-electron chi connectivity index (χ0n) is 20.4. The van der Waals surface area contributed by atoms with Gasteiger partial charge in [0.2, 0.25) is 0 Å². The average Bonchev–Trinajstić information content (AvgIpc) is 3.31. The Hall–Kier alpha value is -4.54. The lowest BCUT2D eigenvalue weighted by molar-refractivity contribution is 1.17. The van der Waals surface area contributed by atoms with E-state index in [1.165, 1.54) is 0 Å². The van der Waals surface area contributed by atoms with E-state index in [0.717, 1.165) is 65.7 Å². The third kappa shape index (κ3) is 4.00. The first-order chi connectivity index (χ1) is 18.7. The lowest BCUT2D eigenvalue weighted by Crippen LogP contribution is -1.94.